The molecule has 0 aliphatic rings. The van der Waals surface area contributed by atoms with Gasteiger partial charge in [-0.15, -0.1) is 0 Å². The Morgan fingerprint density at radius 2 is 1.33 bits per heavy atom. The van der Waals surface area contributed by atoms with E-state index in [9.17, 15) is 0 Å². The number of benzene rings is 3. The fourth-order valence-electron chi connectivity index (χ4n) is 2.40. The van der Waals surface area contributed by atoms with E-state index >= 15 is 0 Å². The zero-order valence-corrected chi connectivity index (χ0v) is 12.5. The topological polar surface area (TPSA) is 0 Å². The molecular formula is C17H15Ge. The van der Waals surface area contributed by atoms with Crippen LogP contribution in [-0.2, 0) is 0 Å². The standard InChI is InChI=1S/C17H15Ge/c1-18(15-10-3-2-4-11-15)17-13-7-9-14-8-5-6-12-16(14)17/h2-13H,1H3. The third-order valence-electron chi connectivity index (χ3n) is 3.40. The first-order valence-electron chi connectivity index (χ1n) is 6.23. The fourth-order valence-corrected chi connectivity index (χ4v) is 6.55. The van der Waals surface area contributed by atoms with E-state index in [-0.39, 0.29) is 0 Å². The normalized spacial score (nSPS) is 11.0. The molecule has 3 aromatic carbocycles. The molecule has 1 heteroatoms. The molecule has 0 spiro atoms. The first kappa shape index (κ1) is 11.5. The monoisotopic (exact) mass is 293 g/mol. The van der Waals surface area contributed by atoms with E-state index in [1.807, 2.05) is 0 Å². The number of rotatable bonds is 2. The third-order valence-corrected chi connectivity index (χ3v) is 8.53. The van der Waals surface area contributed by atoms with Crippen molar-refractivity contribution in [3.05, 3.63) is 72.8 Å². The van der Waals surface area contributed by atoms with Crippen LogP contribution in [-0.4, -0.2) is 14.3 Å². The molecule has 18 heavy (non-hydrogen) atoms. The minimum absolute atomic E-state index is 1.36. The summed E-state index contributed by atoms with van der Waals surface area (Å²) < 4.78 is 3.10. The van der Waals surface area contributed by atoms with Gasteiger partial charge in [0.15, 0.2) is 0 Å². The van der Waals surface area contributed by atoms with Gasteiger partial charge in [-0.2, -0.15) is 0 Å². The van der Waals surface area contributed by atoms with Gasteiger partial charge in [0.1, 0.15) is 0 Å². The third kappa shape index (κ3) is 2.08. The molecule has 0 atom stereocenters. The van der Waals surface area contributed by atoms with Crippen molar-refractivity contribution in [2.24, 2.45) is 0 Å². The molecule has 0 aliphatic carbocycles. The van der Waals surface area contributed by atoms with E-state index in [1.54, 1.807) is 4.40 Å². The van der Waals surface area contributed by atoms with Crippen molar-refractivity contribution in [2.75, 3.05) is 0 Å². The summed E-state index contributed by atoms with van der Waals surface area (Å²) in [7, 11) is 0. The second-order valence-electron chi connectivity index (χ2n) is 4.52. The molecule has 3 aromatic rings. The van der Waals surface area contributed by atoms with E-state index in [1.165, 1.54) is 15.2 Å². The maximum absolute atomic E-state index is 2.44. The summed E-state index contributed by atoms with van der Waals surface area (Å²) in [6.07, 6.45) is 0. The van der Waals surface area contributed by atoms with Crippen LogP contribution in [0.4, 0.5) is 0 Å². The first-order chi connectivity index (χ1) is 8.86. The van der Waals surface area contributed by atoms with Gasteiger partial charge < -0.3 is 0 Å². The zero-order chi connectivity index (χ0) is 12.4. The Morgan fingerprint density at radius 3 is 2.17 bits per heavy atom. The van der Waals surface area contributed by atoms with Crippen LogP contribution in [0.5, 0.6) is 0 Å². The molecule has 1 radical (unpaired) electrons. The van der Waals surface area contributed by atoms with Crippen LogP contribution >= 0.6 is 0 Å². The summed E-state index contributed by atoms with van der Waals surface area (Å²) in [6, 6.07) is 26.4. The van der Waals surface area contributed by atoms with Crippen LogP contribution in [0.2, 0.25) is 5.76 Å². The van der Waals surface area contributed by atoms with Crippen molar-refractivity contribution < 1.29 is 0 Å². The Labute approximate surface area is 112 Å². The molecule has 0 amide bonds. The van der Waals surface area contributed by atoms with E-state index in [2.05, 4.69) is 78.6 Å². The molecule has 0 heterocycles. The molecule has 0 nitrogen and oxygen atoms in total. The van der Waals surface area contributed by atoms with Crippen molar-refractivity contribution in [3.63, 3.8) is 0 Å². The van der Waals surface area contributed by atoms with E-state index < -0.39 is 14.3 Å². The quantitative estimate of drug-likeness (QED) is 0.637. The maximum atomic E-state index is 2.44. The molecule has 3 rings (SSSR count). The SMILES string of the molecule is [CH3][Ge]([c]1ccccc1)[c]1cccc2ccccc12. The van der Waals surface area contributed by atoms with Crippen LogP contribution < -0.4 is 8.79 Å². The van der Waals surface area contributed by atoms with Crippen LogP contribution in [0.3, 0.4) is 0 Å². The molecular weight excluding hydrogens is 277 g/mol. The van der Waals surface area contributed by atoms with Gasteiger partial charge in [-0.25, -0.2) is 0 Å². The van der Waals surface area contributed by atoms with Crippen LogP contribution in [0, 0.1) is 0 Å². The van der Waals surface area contributed by atoms with Crippen LogP contribution in [0.1, 0.15) is 0 Å². The van der Waals surface area contributed by atoms with Gasteiger partial charge in [0.2, 0.25) is 0 Å². The second-order valence-corrected chi connectivity index (χ2v) is 9.48. The fraction of sp³-hybridized carbons (Fsp3) is 0.0588. The summed E-state index contributed by atoms with van der Waals surface area (Å²) in [6.45, 7) is 0. The first-order valence-corrected chi connectivity index (χ1v) is 10.4. The van der Waals surface area contributed by atoms with Gasteiger partial charge >= 0.3 is 112 Å². The minimum atomic E-state index is -1.37. The second kappa shape index (κ2) is 4.99. The van der Waals surface area contributed by atoms with Crippen molar-refractivity contribution in [1.82, 2.24) is 0 Å². The van der Waals surface area contributed by atoms with Gasteiger partial charge in [0.25, 0.3) is 0 Å². The number of hydrogen-bond acceptors (Lipinski definition) is 0. The van der Waals surface area contributed by atoms with Gasteiger partial charge in [-0.1, -0.05) is 0 Å². The molecule has 0 bridgehead atoms. The Bertz CT molecular complexity index is 653. The van der Waals surface area contributed by atoms with Gasteiger partial charge in [0, 0.05) is 0 Å². The molecule has 0 unspecified atom stereocenters. The van der Waals surface area contributed by atoms with Crippen LogP contribution in [0.15, 0.2) is 72.8 Å². The van der Waals surface area contributed by atoms with E-state index in [4.69, 9.17) is 0 Å². The molecule has 0 fully saturated rings. The predicted molar refractivity (Wildman–Crippen MR) is 81.3 cm³/mol. The van der Waals surface area contributed by atoms with E-state index in [0.29, 0.717) is 0 Å². The molecule has 0 N–H and O–H groups in total. The van der Waals surface area contributed by atoms with Crippen molar-refractivity contribution >= 4 is 33.9 Å². The van der Waals surface area contributed by atoms with Gasteiger partial charge in [0.05, 0.1) is 0 Å². The van der Waals surface area contributed by atoms with Crippen LogP contribution in [0.25, 0.3) is 10.8 Å². The predicted octanol–water partition coefficient (Wildman–Crippen LogP) is 3.08. The number of hydrogen-bond donors (Lipinski definition) is 0. The molecule has 0 aromatic heterocycles. The van der Waals surface area contributed by atoms with Crippen molar-refractivity contribution in [3.8, 4) is 0 Å². The summed E-state index contributed by atoms with van der Waals surface area (Å²) in [5.41, 5.74) is 0. The number of fused-ring (bicyclic) bond motifs is 1. The average Bonchev–Trinajstić information content (AvgIpc) is 2.47. The summed E-state index contributed by atoms with van der Waals surface area (Å²) in [5, 5.41) is 2.79. The molecule has 87 valence electrons. The van der Waals surface area contributed by atoms with Crippen molar-refractivity contribution in [1.29, 1.82) is 0 Å². The molecule has 0 saturated carbocycles. The zero-order valence-electron chi connectivity index (χ0n) is 10.4. The Hall–Kier alpha value is -1.54. The molecule has 0 saturated heterocycles. The Morgan fingerprint density at radius 1 is 0.667 bits per heavy atom. The Kier molecular flexibility index (Phi) is 3.20. The van der Waals surface area contributed by atoms with E-state index in [0.717, 1.165) is 0 Å². The molecule has 0 aliphatic heterocycles. The average molecular weight is 292 g/mol. The summed E-state index contributed by atoms with van der Waals surface area (Å²) in [4.78, 5) is 0. The van der Waals surface area contributed by atoms with Crippen molar-refractivity contribution in [2.45, 2.75) is 5.76 Å². The Balaban J connectivity index is 2.15. The van der Waals surface area contributed by atoms with Gasteiger partial charge in [-0.3, -0.25) is 0 Å². The van der Waals surface area contributed by atoms with Gasteiger partial charge in [-0.05, 0) is 0 Å². The summed E-state index contributed by atoms with van der Waals surface area (Å²) in [5.74, 6) is 2.44. The summed E-state index contributed by atoms with van der Waals surface area (Å²) >= 11 is -1.37.